The molecular formula is C30H40FN5O5. The molecule has 2 heterocycles. The summed E-state index contributed by atoms with van der Waals surface area (Å²) in [4.78, 5) is 52.4. The second-order valence-electron chi connectivity index (χ2n) is 11.9. The standard InChI is InChI=1S/C30H40FN5O5/c1-19(40-6)18-34(5)28(38)24-10-7-20(15-25(24)31)26-32-16-21(17-33-26)27(37)36(22-8-9-22)23-11-13-35(14-12-23)29(39)41-30(2,3)4/h7,10,15-17,19,22-23H,8-9,11-14,18H2,1-6H3. The quantitative estimate of drug-likeness (QED) is 0.464. The number of likely N-dealkylation sites (tertiary alicyclic amines) is 1. The molecule has 222 valence electrons. The highest BCUT2D eigenvalue weighted by Gasteiger charge is 2.40. The van der Waals surface area contributed by atoms with Crippen molar-refractivity contribution in [2.24, 2.45) is 0 Å². The number of nitrogens with zero attached hydrogens (tertiary/aromatic N) is 5. The number of ether oxygens (including phenoxy) is 2. The molecule has 0 spiro atoms. The zero-order valence-corrected chi connectivity index (χ0v) is 24.7. The van der Waals surface area contributed by atoms with Crippen LogP contribution < -0.4 is 0 Å². The van der Waals surface area contributed by atoms with Crippen LogP contribution in [0.4, 0.5) is 9.18 Å². The van der Waals surface area contributed by atoms with Gasteiger partial charge >= 0.3 is 6.09 Å². The molecule has 1 aliphatic heterocycles. The summed E-state index contributed by atoms with van der Waals surface area (Å²) in [5.41, 5.74) is 0.154. The van der Waals surface area contributed by atoms with Gasteiger partial charge in [0.2, 0.25) is 0 Å². The minimum atomic E-state index is -0.675. The predicted octanol–water partition coefficient (Wildman–Crippen LogP) is 4.39. The number of methoxy groups -OCH3 is 1. The van der Waals surface area contributed by atoms with Crippen molar-refractivity contribution in [1.29, 1.82) is 0 Å². The highest BCUT2D eigenvalue weighted by molar-refractivity contribution is 5.95. The largest absolute Gasteiger partial charge is 0.444 e. The van der Waals surface area contributed by atoms with Gasteiger partial charge in [-0.05, 0) is 65.5 Å². The Morgan fingerprint density at radius 3 is 2.20 bits per heavy atom. The Hall–Kier alpha value is -3.60. The van der Waals surface area contributed by atoms with Crippen LogP contribution in [-0.2, 0) is 9.47 Å². The lowest BCUT2D eigenvalue weighted by Gasteiger charge is -2.39. The predicted molar refractivity (Wildman–Crippen MR) is 151 cm³/mol. The summed E-state index contributed by atoms with van der Waals surface area (Å²) in [5.74, 6) is -1.01. The monoisotopic (exact) mass is 569 g/mol. The number of aromatic nitrogens is 2. The number of piperidine rings is 1. The summed E-state index contributed by atoms with van der Waals surface area (Å²) in [6, 6.07) is 4.42. The Morgan fingerprint density at radius 1 is 1.05 bits per heavy atom. The third-order valence-corrected chi connectivity index (χ3v) is 7.32. The second-order valence-corrected chi connectivity index (χ2v) is 11.9. The van der Waals surface area contributed by atoms with Gasteiger partial charge in [-0.15, -0.1) is 0 Å². The maximum absolute atomic E-state index is 14.9. The van der Waals surface area contributed by atoms with Crippen molar-refractivity contribution >= 4 is 17.9 Å². The Morgan fingerprint density at radius 2 is 1.66 bits per heavy atom. The molecule has 1 aliphatic carbocycles. The molecule has 0 N–H and O–H groups in total. The van der Waals surface area contributed by atoms with E-state index in [1.807, 2.05) is 32.6 Å². The molecule has 1 aromatic carbocycles. The summed E-state index contributed by atoms with van der Waals surface area (Å²) >= 11 is 0. The van der Waals surface area contributed by atoms with E-state index in [0.717, 1.165) is 12.8 Å². The van der Waals surface area contributed by atoms with Crippen molar-refractivity contribution in [1.82, 2.24) is 24.7 Å². The van der Waals surface area contributed by atoms with E-state index in [2.05, 4.69) is 9.97 Å². The number of amides is 3. The lowest BCUT2D eigenvalue weighted by atomic mass is 10.0. The first-order valence-electron chi connectivity index (χ1n) is 14.1. The van der Waals surface area contributed by atoms with E-state index in [1.54, 1.807) is 25.1 Å². The van der Waals surface area contributed by atoms with Crippen LogP contribution in [0.5, 0.6) is 0 Å². The van der Waals surface area contributed by atoms with Gasteiger partial charge in [-0.1, -0.05) is 6.07 Å². The molecule has 10 nitrogen and oxygen atoms in total. The van der Waals surface area contributed by atoms with Gasteiger partial charge in [0.05, 0.1) is 17.2 Å². The average molecular weight is 570 g/mol. The molecule has 1 aromatic heterocycles. The number of benzene rings is 1. The summed E-state index contributed by atoms with van der Waals surface area (Å²) in [6.07, 6.45) is 5.66. The van der Waals surface area contributed by atoms with Gasteiger partial charge in [0.25, 0.3) is 11.8 Å². The zero-order valence-electron chi connectivity index (χ0n) is 24.7. The Balaban J connectivity index is 1.41. The van der Waals surface area contributed by atoms with Crippen molar-refractivity contribution in [2.45, 2.75) is 77.2 Å². The van der Waals surface area contributed by atoms with Gasteiger partial charge in [0.1, 0.15) is 11.4 Å². The minimum absolute atomic E-state index is 0.0116. The van der Waals surface area contributed by atoms with Gasteiger partial charge in [-0.3, -0.25) is 9.59 Å². The first-order valence-corrected chi connectivity index (χ1v) is 14.1. The maximum Gasteiger partial charge on any atom is 0.410 e. The molecule has 1 saturated carbocycles. The SMILES string of the molecule is COC(C)CN(C)C(=O)c1ccc(-c2ncc(C(=O)N(C3CC3)C3CCN(C(=O)OC(C)(C)C)CC3)cn2)cc1F. The van der Waals surface area contributed by atoms with Crippen LogP contribution in [0.15, 0.2) is 30.6 Å². The fraction of sp³-hybridized carbons (Fsp3) is 0.567. The smallest absolute Gasteiger partial charge is 0.410 e. The lowest BCUT2D eigenvalue weighted by Crippen LogP contribution is -2.50. The molecule has 3 amide bonds. The van der Waals surface area contributed by atoms with E-state index in [9.17, 15) is 18.8 Å². The van der Waals surface area contributed by atoms with Crippen molar-refractivity contribution in [3.8, 4) is 11.4 Å². The normalized spacial score (nSPS) is 16.7. The summed E-state index contributed by atoms with van der Waals surface area (Å²) in [5, 5.41) is 0. The lowest BCUT2D eigenvalue weighted by molar-refractivity contribution is 0.0142. The number of likely N-dealkylation sites (N-methyl/N-ethyl adjacent to an activating group) is 1. The summed E-state index contributed by atoms with van der Waals surface area (Å²) in [6.45, 7) is 8.74. The molecule has 1 atom stereocenters. The van der Waals surface area contributed by atoms with E-state index in [-0.39, 0.29) is 41.6 Å². The molecule has 4 rings (SSSR count). The zero-order chi connectivity index (χ0) is 29.9. The first kappa shape index (κ1) is 30.4. The molecule has 2 fully saturated rings. The van der Waals surface area contributed by atoms with Crippen molar-refractivity contribution in [3.05, 3.63) is 47.5 Å². The molecule has 41 heavy (non-hydrogen) atoms. The van der Waals surface area contributed by atoms with Crippen LogP contribution in [0, 0.1) is 5.82 Å². The topological polar surface area (TPSA) is 105 Å². The Bertz CT molecular complexity index is 1250. The number of carbonyl (C=O) groups is 3. The third-order valence-electron chi connectivity index (χ3n) is 7.32. The highest BCUT2D eigenvalue weighted by Crippen LogP contribution is 2.33. The van der Waals surface area contributed by atoms with E-state index in [0.29, 0.717) is 43.6 Å². The fourth-order valence-electron chi connectivity index (χ4n) is 4.95. The van der Waals surface area contributed by atoms with Crippen LogP contribution in [-0.4, -0.2) is 100 Å². The fourth-order valence-corrected chi connectivity index (χ4v) is 4.95. The number of hydrogen-bond donors (Lipinski definition) is 0. The molecule has 0 bridgehead atoms. The maximum atomic E-state index is 14.9. The average Bonchev–Trinajstić information content (AvgIpc) is 3.77. The molecule has 1 saturated heterocycles. The van der Waals surface area contributed by atoms with E-state index in [1.165, 1.54) is 29.4 Å². The van der Waals surface area contributed by atoms with Crippen molar-refractivity contribution < 1.29 is 28.2 Å². The summed E-state index contributed by atoms with van der Waals surface area (Å²) in [7, 11) is 3.15. The van der Waals surface area contributed by atoms with Gasteiger partial charge in [0.15, 0.2) is 5.82 Å². The van der Waals surface area contributed by atoms with Crippen LogP contribution >= 0.6 is 0 Å². The second kappa shape index (κ2) is 12.5. The number of hydrogen-bond acceptors (Lipinski definition) is 7. The summed E-state index contributed by atoms with van der Waals surface area (Å²) < 4.78 is 25.6. The highest BCUT2D eigenvalue weighted by atomic mass is 19.1. The van der Waals surface area contributed by atoms with Gasteiger partial charge in [-0.25, -0.2) is 19.2 Å². The van der Waals surface area contributed by atoms with Crippen LogP contribution in [0.3, 0.4) is 0 Å². The van der Waals surface area contributed by atoms with Gasteiger partial charge in [-0.2, -0.15) is 0 Å². The Labute approximate surface area is 240 Å². The van der Waals surface area contributed by atoms with E-state index in [4.69, 9.17) is 9.47 Å². The molecule has 11 heteroatoms. The van der Waals surface area contributed by atoms with Crippen LogP contribution in [0.2, 0.25) is 0 Å². The number of carbonyl (C=O) groups excluding carboxylic acids is 3. The first-order chi connectivity index (χ1) is 19.4. The molecule has 2 aromatic rings. The Kier molecular flexibility index (Phi) is 9.26. The number of halogens is 1. The van der Waals surface area contributed by atoms with Crippen molar-refractivity contribution in [3.63, 3.8) is 0 Å². The van der Waals surface area contributed by atoms with E-state index >= 15 is 0 Å². The molecular weight excluding hydrogens is 529 g/mol. The van der Waals surface area contributed by atoms with Crippen LogP contribution in [0.1, 0.15) is 74.1 Å². The third kappa shape index (κ3) is 7.58. The van der Waals surface area contributed by atoms with Gasteiger partial charge in [0, 0.05) is 63.8 Å². The molecule has 0 radical (unpaired) electrons. The molecule has 2 aliphatic rings. The number of rotatable bonds is 8. The van der Waals surface area contributed by atoms with Crippen LogP contribution in [0.25, 0.3) is 11.4 Å². The van der Waals surface area contributed by atoms with Gasteiger partial charge < -0.3 is 24.2 Å². The minimum Gasteiger partial charge on any atom is -0.444 e. The molecule has 1 unspecified atom stereocenters. The van der Waals surface area contributed by atoms with E-state index < -0.39 is 17.3 Å². The van der Waals surface area contributed by atoms with Crippen molar-refractivity contribution in [2.75, 3.05) is 33.8 Å².